The second-order valence-electron chi connectivity index (χ2n) is 3.46. The van der Waals surface area contributed by atoms with Gasteiger partial charge >= 0.3 is 0 Å². The fraction of sp³-hybridized carbons (Fsp3) is 1.00. The Balaban J connectivity index is 2.10. The van der Waals surface area contributed by atoms with Gasteiger partial charge in [-0.2, -0.15) is 0 Å². The molecular formula is C9H18. The highest BCUT2D eigenvalue weighted by Gasteiger charge is 2.39. The molecule has 0 atom stereocenters. The molecule has 0 heterocycles. The molecule has 0 aromatic rings. The minimum Gasteiger partial charge on any atom is -0.0654 e. The second-order valence-corrected chi connectivity index (χ2v) is 3.46. The van der Waals surface area contributed by atoms with Crippen molar-refractivity contribution in [1.29, 1.82) is 0 Å². The Labute approximate surface area is 58.7 Å². The van der Waals surface area contributed by atoms with Crippen LogP contribution in [-0.2, 0) is 0 Å². The summed E-state index contributed by atoms with van der Waals surface area (Å²) in [6.45, 7) is 4.62. The van der Waals surface area contributed by atoms with Crippen molar-refractivity contribution < 1.29 is 0 Å². The van der Waals surface area contributed by atoms with E-state index < -0.39 is 0 Å². The first-order valence-electron chi connectivity index (χ1n) is 4.33. The first kappa shape index (κ1) is 7.11. The number of unbranched alkanes of at least 4 members (excludes halogenated alkanes) is 1. The highest BCUT2D eigenvalue weighted by atomic mass is 14.4. The summed E-state index contributed by atoms with van der Waals surface area (Å²) >= 11 is 0. The molecule has 0 spiro atoms. The van der Waals surface area contributed by atoms with Crippen LogP contribution in [0.4, 0.5) is 0 Å². The largest absolute Gasteiger partial charge is 0.0654 e. The molecule has 0 radical (unpaired) electrons. The Morgan fingerprint density at radius 1 is 1.22 bits per heavy atom. The molecule has 1 aliphatic rings. The summed E-state index contributed by atoms with van der Waals surface area (Å²) < 4.78 is 0. The molecule has 1 saturated carbocycles. The van der Waals surface area contributed by atoms with Gasteiger partial charge in [0.15, 0.2) is 0 Å². The minimum absolute atomic E-state index is 0.843. The lowest BCUT2D eigenvalue weighted by molar-refractivity contribution is 0.431. The average molecular weight is 126 g/mol. The first-order chi connectivity index (χ1) is 4.33. The zero-order valence-corrected chi connectivity index (χ0v) is 6.74. The van der Waals surface area contributed by atoms with E-state index in [1.165, 1.54) is 38.5 Å². The Morgan fingerprint density at radius 3 is 2.22 bits per heavy atom. The molecular weight excluding hydrogens is 108 g/mol. The van der Waals surface area contributed by atoms with Gasteiger partial charge in [0.2, 0.25) is 0 Å². The third kappa shape index (κ3) is 1.70. The van der Waals surface area contributed by atoms with Gasteiger partial charge < -0.3 is 0 Å². The van der Waals surface area contributed by atoms with Crippen molar-refractivity contribution in [3.8, 4) is 0 Å². The van der Waals surface area contributed by atoms with E-state index in [-0.39, 0.29) is 0 Å². The highest BCUT2D eigenvalue weighted by molar-refractivity contribution is 4.90. The van der Waals surface area contributed by atoms with E-state index >= 15 is 0 Å². The zero-order valence-electron chi connectivity index (χ0n) is 6.74. The van der Waals surface area contributed by atoms with E-state index in [1.54, 1.807) is 0 Å². The third-order valence-corrected chi connectivity index (χ3v) is 2.77. The lowest BCUT2D eigenvalue weighted by atomic mass is 9.97. The lowest BCUT2D eigenvalue weighted by Crippen LogP contribution is -1.96. The maximum Gasteiger partial charge on any atom is -0.0300 e. The van der Waals surface area contributed by atoms with Crippen LogP contribution in [0.2, 0.25) is 0 Å². The molecule has 0 aromatic carbocycles. The fourth-order valence-corrected chi connectivity index (χ4v) is 1.51. The third-order valence-electron chi connectivity index (χ3n) is 2.77. The molecule has 0 unspecified atom stereocenters. The smallest absolute Gasteiger partial charge is 0.0300 e. The average Bonchev–Trinajstić information content (AvgIpc) is 2.65. The minimum atomic E-state index is 0.843. The predicted octanol–water partition coefficient (Wildman–Crippen LogP) is 3.37. The van der Waals surface area contributed by atoms with Crippen LogP contribution in [0.15, 0.2) is 0 Å². The van der Waals surface area contributed by atoms with Gasteiger partial charge in [0.05, 0.1) is 0 Å². The molecule has 9 heavy (non-hydrogen) atoms. The van der Waals surface area contributed by atoms with Gasteiger partial charge in [-0.05, 0) is 24.7 Å². The van der Waals surface area contributed by atoms with Crippen LogP contribution in [0, 0.1) is 5.41 Å². The SMILES string of the molecule is CCCCC1(CC)CC1. The summed E-state index contributed by atoms with van der Waals surface area (Å²) in [6, 6.07) is 0. The lowest BCUT2D eigenvalue weighted by Gasteiger charge is -2.09. The summed E-state index contributed by atoms with van der Waals surface area (Å²) in [5.74, 6) is 0. The molecule has 0 bridgehead atoms. The standard InChI is InChI=1S/C9H18/c1-3-5-6-9(4-2)7-8-9/h3-8H2,1-2H3. The van der Waals surface area contributed by atoms with E-state index in [0.717, 1.165) is 5.41 Å². The van der Waals surface area contributed by atoms with Crippen molar-refractivity contribution in [2.24, 2.45) is 5.41 Å². The van der Waals surface area contributed by atoms with E-state index in [4.69, 9.17) is 0 Å². The van der Waals surface area contributed by atoms with Crippen LogP contribution in [0.5, 0.6) is 0 Å². The van der Waals surface area contributed by atoms with Crippen molar-refractivity contribution in [3.05, 3.63) is 0 Å². The molecule has 1 rings (SSSR count). The zero-order chi connectivity index (χ0) is 6.74. The van der Waals surface area contributed by atoms with Crippen LogP contribution in [0.25, 0.3) is 0 Å². The monoisotopic (exact) mass is 126 g/mol. The number of hydrogen-bond donors (Lipinski definition) is 0. The van der Waals surface area contributed by atoms with Gasteiger partial charge in [0.25, 0.3) is 0 Å². The van der Waals surface area contributed by atoms with Gasteiger partial charge in [-0.1, -0.05) is 33.1 Å². The summed E-state index contributed by atoms with van der Waals surface area (Å²) in [5, 5.41) is 0. The highest BCUT2D eigenvalue weighted by Crippen LogP contribution is 2.52. The van der Waals surface area contributed by atoms with Gasteiger partial charge in [-0.25, -0.2) is 0 Å². The van der Waals surface area contributed by atoms with Crippen molar-refractivity contribution >= 4 is 0 Å². The van der Waals surface area contributed by atoms with Crippen LogP contribution in [0.3, 0.4) is 0 Å². The molecule has 0 saturated heterocycles. The van der Waals surface area contributed by atoms with E-state index in [9.17, 15) is 0 Å². The van der Waals surface area contributed by atoms with Gasteiger partial charge in [0, 0.05) is 0 Å². The van der Waals surface area contributed by atoms with E-state index in [0.29, 0.717) is 0 Å². The predicted molar refractivity (Wildman–Crippen MR) is 41.5 cm³/mol. The summed E-state index contributed by atoms with van der Waals surface area (Å²) in [4.78, 5) is 0. The van der Waals surface area contributed by atoms with Crippen LogP contribution < -0.4 is 0 Å². The second kappa shape index (κ2) is 2.72. The quantitative estimate of drug-likeness (QED) is 0.541. The molecule has 0 N–H and O–H groups in total. The molecule has 0 aliphatic heterocycles. The van der Waals surface area contributed by atoms with Crippen molar-refractivity contribution in [3.63, 3.8) is 0 Å². The Bertz CT molecular complexity index is 80.0. The van der Waals surface area contributed by atoms with Gasteiger partial charge in [-0.3, -0.25) is 0 Å². The summed E-state index contributed by atoms with van der Waals surface area (Å²) in [5.41, 5.74) is 0.843. The summed E-state index contributed by atoms with van der Waals surface area (Å²) in [6.07, 6.45) is 8.79. The topological polar surface area (TPSA) is 0 Å². The Hall–Kier alpha value is 0. The van der Waals surface area contributed by atoms with Crippen LogP contribution >= 0.6 is 0 Å². The molecule has 1 fully saturated rings. The Kier molecular flexibility index (Phi) is 2.15. The molecule has 0 heteroatoms. The van der Waals surface area contributed by atoms with E-state index in [1.807, 2.05) is 0 Å². The number of hydrogen-bond acceptors (Lipinski definition) is 0. The van der Waals surface area contributed by atoms with Gasteiger partial charge in [0.1, 0.15) is 0 Å². The first-order valence-corrected chi connectivity index (χ1v) is 4.33. The van der Waals surface area contributed by atoms with Crippen molar-refractivity contribution in [1.82, 2.24) is 0 Å². The maximum absolute atomic E-state index is 2.34. The molecule has 0 amide bonds. The molecule has 1 aliphatic carbocycles. The van der Waals surface area contributed by atoms with Crippen molar-refractivity contribution in [2.45, 2.75) is 52.4 Å². The van der Waals surface area contributed by atoms with Crippen LogP contribution in [0.1, 0.15) is 52.4 Å². The van der Waals surface area contributed by atoms with Gasteiger partial charge in [-0.15, -0.1) is 0 Å². The normalized spacial score (nSPS) is 22.0. The van der Waals surface area contributed by atoms with E-state index in [2.05, 4.69) is 13.8 Å². The van der Waals surface area contributed by atoms with Crippen LogP contribution in [-0.4, -0.2) is 0 Å². The molecule has 54 valence electrons. The maximum atomic E-state index is 2.34. The Morgan fingerprint density at radius 2 is 1.89 bits per heavy atom. The molecule has 0 nitrogen and oxygen atoms in total. The fourth-order valence-electron chi connectivity index (χ4n) is 1.51. The summed E-state index contributed by atoms with van der Waals surface area (Å²) in [7, 11) is 0. The van der Waals surface area contributed by atoms with Crippen molar-refractivity contribution in [2.75, 3.05) is 0 Å². The molecule has 0 aromatic heterocycles. The number of rotatable bonds is 4.